The lowest BCUT2D eigenvalue weighted by Crippen LogP contribution is -2.63. The number of aliphatic hydroxyl groups excluding tert-OH is 1. The number of ether oxygens (including phenoxy) is 1. The summed E-state index contributed by atoms with van der Waals surface area (Å²) in [6.45, 7) is 27.3. The summed E-state index contributed by atoms with van der Waals surface area (Å²) in [7, 11) is 9.78. The highest BCUT2D eigenvalue weighted by molar-refractivity contribution is 5.99. The highest BCUT2D eigenvalue weighted by Gasteiger charge is 2.46. The first-order valence-electron chi connectivity index (χ1n) is 34.4. The Morgan fingerprint density at radius 3 is 1.59 bits per heavy atom. The second kappa shape index (κ2) is 41.1. The summed E-state index contributed by atoms with van der Waals surface area (Å²) in [4.78, 5) is 176. The quantitative estimate of drug-likeness (QED) is 0.0459. The maximum absolute atomic E-state index is 15.3. The largest absolute Gasteiger partial charge is 0.391 e. The Morgan fingerprint density at radius 2 is 1.06 bits per heavy atom. The van der Waals surface area contributed by atoms with Crippen molar-refractivity contribution in [2.24, 2.45) is 40.7 Å². The van der Waals surface area contributed by atoms with Crippen LogP contribution in [0.2, 0.25) is 0 Å². The molecule has 0 saturated carbocycles. The number of aliphatic hydroxyl groups is 1. The summed E-state index contributed by atoms with van der Waals surface area (Å²) >= 11 is 0. The van der Waals surface area contributed by atoms with E-state index in [0.717, 1.165) is 20.3 Å². The van der Waals surface area contributed by atoms with E-state index in [1.54, 1.807) is 73.8 Å². The van der Waals surface area contributed by atoms with Gasteiger partial charge in [-0.15, -0.1) is 0 Å². The molecule has 1 aromatic carbocycles. The van der Waals surface area contributed by atoms with Gasteiger partial charge in [0.1, 0.15) is 67.0 Å². The first kappa shape index (κ1) is 85.6. The van der Waals surface area contributed by atoms with Crippen LogP contribution in [0, 0.1) is 35.5 Å². The molecule has 1 saturated heterocycles. The van der Waals surface area contributed by atoms with Gasteiger partial charge in [-0.05, 0) is 114 Å². The topological polar surface area (TPSA) is 310 Å². The van der Waals surface area contributed by atoms with Crippen LogP contribution in [0.25, 0.3) is 0 Å². The van der Waals surface area contributed by atoms with E-state index in [4.69, 9.17) is 9.57 Å². The fourth-order valence-corrected chi connectivity index (χ4v) is 11.8. The minimum absolute atomic E-state index is 0.0174. The fourth-order valence-electron chi connectivity index (χ4n) is 11.8. The summed E-state index contributed by atoms with van der Waals surface area (Å²) in [5, 5.41) is 27.2. The van der Waals surface area contributed by atoms with Gasteiger partial charge in [-0.1, -0.05) is 131 Å². The third-order valence-electron chi connectivity index (χ3n) is 17.8. The van der Waals surface area contributed by atoms with E-state index in [9.17, 15) is 43.5 Å². The number of unbranched alkanes of at least 4 members (excludes halogenated alkanes) is 1. The zero-order valence-electron chi connectivity index (χ0n) is 62.4. The van der Waals surface area contributed by atoms with Crippen molar-refractivity contribution in [3.63, 3.8) is 0 Å². The van der Waals surface area contributed by atoms with Crippen LogP contribution in [0.15, 0.2) is 47.6 Å². The Bertz CT molecular complexity index is 2820. The predicted octanol–water partition coefficient (Wildman–Crippen LogP) is 4.61. The number of nitrogens with zero attached hydrogens (tertiary/aromatic N) is 8. The summed E-state index contributed by atoms with van der Waals surface area (Å²) < 4.78 is 6.25. The molecule has 1 heterocycles. The smallest absolute Gasteiger partial charge is 0.246 e. The number of rotatable bonds is 22. The van der Waals surface area contributed by atoms with Crippen LogP contribution >= 0.6 is 0 Å². The van der Waals surface area contributed by atoms with Gasteiger partial charge in [0.25, 0.3) is 0 Å². The monoisotopic (exact) mass is 1360 g/mol. The SMILES string of the molecule is C/C=C/C[C@@H](C)[C@@H](O)[C@H]1C(=O)N[C@@H](CC)C(=O)N(C)CC(=O)N(C)[C@@H]([C@@H](C)OCCC/C=N/OCc2ccccc2)C(=O)N[C@@H](C(C)C)C(=O)N(C)[C@@H](CC(C)C)C(=O)N[C@@H](C)C(=O)N[C@H](C)C(=O)N(C)[C@@H](CC(C)C)C(=O)N(C)[C@@H](CC(C)C)C(=O)N(C)[C@@H](C(C)C)C(=O)N1C. The molecule has 0 radical (unpaired) electrons. The zero-order valence-corrected chi connectivity index (χ0v) is 62.4. The van der Waals surface area contributed by atoms with Crippen LogP contribution in [0.1, 0.15) is 161 Å². The molecule has 0 unspecified atom stereocenters. The maximum atomic E-state index is 15.3. The van der Waals surface area contributed by atoms with Crippen molar-refractivity contribution < 1.29 is 67.4 Å². The molecule has 0 aliphatic carbocycles. The van der Waals surface area contributed by atoms with E-state index in [-0.39, 0.29) is 63.1 Å². The molecule has 5 N–H and O–H groups in total. The highest BCUT2D eigenvalue weighted by Crippen LogP contribution is 2.26. The van der Waals surface area contributed by atoms with Gasteiger partial charge in [0.2, 0.25) is 65.0 Å². The molecule has 1 aliphatic rings. The van der Waals surface area contributed by atoms with Crippen molar-refractivity contribution in [1.82, 2.24) is 55.6 Å². The number of nitrogens with one attached hydrogen (secondary N) is 4. The lowest BCUT2D eigenvalue weighted by atomic mass is 9.91. The summed E-state index contributed by atoms with van der Waals surface area (Å²) in [5.74, 6) is -10.3. The maximum Gasteiger partial charge on any atom is 0.246 e. The standard InChI is InChI=1S/C71H120N12O14/c1-24-26-32-47(13)61(85)60-65(89)75-52(25-2)67(91)77(17)40-56(84)81(21)59(50(16)96-36-31-30-35-72-97-41-51-33-28-27-29-34-51)64(88)76-57(45(9)10)70(94)78(18)53(37-42(3)4)63(87)73-48(14)62(86)74-49(15)66(90)79(19)54(38-43(5)6)68(92)80(20)55(39-44(7)8)69(93)82(22)58(46(11)12)71(95)83(60)23/h24,26-29,33-35,42-50,52-55,57-61,85H,25,30-32,36-41H2,1-23H3,(H,73,87)(H,74,86)(H,75,89)(H,76,88)/b26-24+,72-35+/t47-,48+,49-,50-,52+,53+,54+,55+,57+,58+,59+,60+,61-/m1/s1. The average Bonchev–Trinajstić information content (AvgIpc) is 0.808. The fraction of sp³-hybridized carbons (Fsp3) is 0.718. The first-order valence-corrected chi connectivity index (χ1v) is 34.4. The van der Waals surface area contributed by atoms with Gasteiger partial charge in [-0.2, -0.15) is 0 Å². The van der Waals surface area contributed by atoms with E-state index in [0.29, 0.717) is 12.8 Å². The Labute approximate surface area is 578 Å². The molecule has 1 aromatic rings. The van der Waals surface area contributed by atoms with E-state index < -0.39 is 162 Å². The molecule has 26 nitrogen and oxygen atoms in total. The van der Waals surface area contributed by atoms with Crippen LogP contribution in [0.3, 0.4) is 0 Å². The van der Waals surface area contributed by atoms with Crippen molar-refractivity contribution in [3.05, 3.63) is 48.0 Å². The predicted molar refractivity (Wildman–Crippen MR) is 373 cm³/mol. The van der Waals surface area contributed by atoms with Gasteiger partial charge in [-0.3, -0.25) is 52.7 Å². The third kappa shape index (κ3) is 25.4. The minimum atomic E-state index is -1.65. The number of oxime groups is 1. The van der Waals surface area contributed by atoms with Gasteiger partial charge >= 0.3 is 0 Å². The van der Waals surface area contributed by atoms with Gasteiger partial charge in [0, 0.05) is 62.2 Å². The Hall–Kier alpha value is -7.48. The second-order valence-corrected chi connectivity index (χ2v) is 28.2. The van der Waals surface area contributed by atoms with Crippen molar-refractivity contribution in [3.8, 4) is 0 Å². The number of likely N-dealkylation sites (N-methyl/N-ethyl adjacent to an activating group) is 7. The molecule has 26 heteroatoms. The third-order valence-corrected chi connectivity index (χ3v) is 17.8. The van der Waals surface area contributed by atoms with Gasteiger partial charge in [0.15, 0.2) is 0 Å². The average molecular weight is 1370 g/mol. The molecule has 11 amide bonds. The van der Waals surface area contributed by atoms with Crippen molar-refractivity contribution >= 4 is 71.2 Å². The van der Waals surface area contributed by atoms with Gasteiger partial charge < -0.3 is 70.2 Å². The van der Waals surface area contributed by atoms with Crippen LogP contribution in [0.4, 0.5) is 0 Å². The van der Waals surface area contributed by atoms with E-state index >= 15 is 14.4 Å². The highest BCUT2D eigenvalue weighted by atomic mass is 16.6. The molecule has 2 rings (SSSR count). The second-order valence-electron chi connectivity index (χ2n) is 28.2. The van der Waals surface area contributed by atoms with Gasteiger partial charge in [-0.25, -0.2) is 0 Å². The van der Waals surface area contributed by atoms with Crippen molar-refractivity contribution in [1.29, 1.82) is 0 Å². The van der Waals surface area contributed by atoms with E-state index in [1.807, 2.05) is 71.9 Å². The number of hydrogen-bond donors (Lipinski definition) is 5. The Balaban J connectivity index is 2.95. The number of benzene rings is 1. The van der Waals surface area contributed by atoms with Crippen LogP contribution < -0.4 is 21.3 Å². The Kier molecular flexibility index (Phi) is 36.2. The Morgan fingerprint density at radius 1 is 0.557 bits per heavy atom. The number of carbonyl (C=O) groups excluding carboxylic acids is 11. The summed E-state index contributed by atoms with van der Waals surface area (Å²) in [6.07, 6.45) is 4.10. The molecular weight excluding hydrogens is 1240 g/mol. The first-order chi connectivity index (χ1) is 45.3. The van der Waals surface area contributed by atoms with Crippen LogP contribution in [-0.4, -0.2) is 246 Å². The number of amides is 11. The van der Waals surface area contributed by atoms with Crippen molar-refractivity contribution in [2.45, 2.75) is 235 Å². The van der Waals surface area contributed by atoms with Crippen LogP contribution in [-0.2, 0) is 68.9 Å². The molecule has 548 valence electrons. The van der Waals surface area contributed by atoms with Gasteiger partial charge in [0.05, 0.1) is 18.8 Å². The molecule has 0 aromatic heterocycles. The lowest BCUT2D eigenvalue weighted by molar-refractivity contribution is -0.157. The molecule has 0 bridgehead atoms. The van der Waals surface area contributed by atoms with E-state index in [2.05, 4.69) is 26.4 Å². The molecule has 1 fully saturated rings. The normalized spacial score (nSPS) is 25.3. The summed E-state index contributed by atoms with van der Waals surface area (Å²) in [5.41, 5.74) is 0.937. The van der Waals surface area contributed by atoms with Crippen molar-refractivity contribution in [2.75, 3.05) is 62.5 Å². The van der Waals surface area contributed by atoms with Crippen LogP contribution in [0.5, 0.6) is 0 Å². The molecule has 0 spiro atoms. The summed E-state index contributed by atoms with van der Waals surface area (Å²) in [6, 6.07) is -3.51. The zero-order chi connectivity index (χ0) is 74.0. The molecule has 13 atom stereocenters. The molecule has 1 aliphatic heterocycles. The number of carbonyl (C=O) groups is 11. The molecule has 97 heavy (non-hydrogen) atoms. The number of allylic oxidation sites excluding steroid dienone is 2. The minimum Gasteiger partial charge on any atom is -0.391 e. The lowest BCUT2D eigenvalue weighted by Gasteiger charge is -2.41. The van der Waals surface area contributed by atoms with E-state index in [1.165, 1.54) is 82.8 Å². The number of hydrogen-bond acceptors (Lipinski definition) is 15. The molecular formula is C71H120N12O14.